The first-order chi connectivity index (χ1) is 11.6. The van der Waals surface area contributed by atoms with Crippen molar-refractivity contribution in [2.45, 2.75) is 6.42 Å². The van der Waals surface area contributed by atoms with Gasteiger partial charge in [-0.05, 0) is 36.4 Å². The number of nitrogens with one attached hydrogen (secondary N) is 1. The maximum absolute atomic E-state index is 12.3. The Morgan fingerprint density at radius 2 is 1.88 bits per heavy atom. The van der Waals surface area contributed by atoms with Crippen LogP contribution in [-0.2, 0) is 13.5 Å². The number of aromatic nitrogens is 2. The van der Waals surface area contributed by atoms with Gasteiger partial charge in [0.15, 0.2) is 0 Å². The van der Waals surface area contributed by atoms with E-state index in [1.165, 1.54) is 4.57 Å². The Bertz CT molecular complexity index is 949. The van der Waals surface area contributed by atoms with Crippen molar-refractivity contribution in [1.29, 1.82) is 0 Å². The zero-order chi connectivity index (χ0) is 17.1. The molecule has 1 amide bonds. The smallest absolute Gasteiger partial charge is 0.261 e. The number of benzene rings is 2. The van der Waals surface area contributed by atoms with E-state index in [1.807, 2.05) is 18.2 Å². The highest BCUT2D eigenvalue weighted by Gasteiger charge is 2.09. The average molecular weight is 342 g/mol. The molecule has 1 aromatic heterocycles. The molecule has 0 bridgehead atoms. The number of para-hydroxylation sites is 1. The molecule has 3 aromatic rings. The van der Waals surface area contributed by atoms with E-state index >= 15 is 0 Å². The lowest BCUT2D eigenvalue weighted by Crippen LogP contribution is -2.29. The van der Waals surface area contributed by atoms with Crippen molar-refractivity contribution in [3.05, 3.63) is 75.3 Å². The topological polar surface area (TPSA) is 64.0 Å². The van der Waals surface area contributed by atoms with Gasteiger partial charge in [-0.3, -0.25) is 14.2 Å². The normalized spacial score (nSPS) is 10.8. The van der Waals surface area contributed by atoms with Crippen LogP contribution in [0.15, 0.2) is 53.3 Å². The molecule has 1 heterocycles. The summed E-state index contributed by atoms with van der Waals surface area (Å²) < 4.78 is 1.52. The summed E-state index contributed by atoms with van der Waals surface area (Å²) in [5.41, 5.74) is 1.12. The van der Waals surface area contributed by atoms with Gasteiger partial charge in [0.25, 0.3) is 11.5 Å². The molecule has 2 aromatic carbocycles. The molecule has 24 heavy (non-hydrogen) atoms. The van der Waals surface area contributed by atoms with Crippen LogP contribution in [0.4, 0.5) is 0 Å². The van der Waals surface area contributed by atoms with Gasteiger partial charge in [0.2, 0.25) is 0 Å². The van der Waals surface area contributed by atoms with Crippen LogP contribution < -0.4 is 10.9 Å². The molecular weight excluding hydrogens is 326 g/mol. The van der Waals surface area contributed by atoms with Gasteiger partial charge < -0.3 is 5.32 Å². The van der Waals surface area contributed by atoms with Gasteiger partial charge in [-0.2, -0.15) is 0 Å². The maximum atomic E-state index is 12.3. The van der Waals surface area contributed by atoms with Crippen LogP contribution in [0.3, 0.4) is 0 Å². The summed E-state index contributed by atoms with van der Waals surface area (Å²) in [6.45, 7) is 0.389. The largest absolute Gasteiger partial charge is 0.352 e. The molecule has 0 aliphatic heterocycles. The SMILES string of the molecule is Cn1c(CCNC(=O)c2ccc(Cl)cc2)nc2ccccc2c1=O. The first-order valence-electron chi connectivity index (χ1n) is 7.54. The highest BCUT2D eigenvalue weighted by molar-refractivity contribution is 6.30. The van der Waals surface area contributed by atoms with Gasteiger partial charge >= 0.3 is 0 Å². The van der Waals surface area contributed by atoms with Crippen molar-refractivity contribution in [3.8, 4) is 0 Å². The van der Waals surface area contributed by atoms with Crippen LogP contribution >= 0.6 is 11.6 Å². The number of carbonyl (C=O) groups excluding carboxylic acids is 1. The molecule has 6 heteroatoms. The van der Waals surface area contributed by atoms with E-state index in [0.717, 1.165) is 0 Å². The minimum Gasteiger partial charge on any atom is -0.352 e. The van der Waals surface area contributed by atoms with E-state index in [-0.39, 0.29) is 11.5 Å². The molecule has 0 aliphatic rings. The first-order valence-corrected chi connectivity index (χ1v) is 7.92. The number of fused-ring (bicyclic) bond motifs is 1. The second-order valence-electron chi connectivity index (χ2n) is 5.42. The molecule has 0 atom stereocenters. The molecule has 1 N–H and O–H groups in total. The first kappa shape index (κ1) is 16.2. The summed E-state index contributed by atoms with van der Waals surface area (Å²) in [4.78, 5) is 28.9. The van der Waals surface area contributed by atoms with Crippen LogP contribution in [-0.4, -0.2) is 22.0 Å². The van der Waals surface area contributed by atoms with Crippen molar-refractivity contribution in [1.82, 2.24) is 14.9 Å². The molecule has 0 fully saturated rings. The van der Waals surface area contributed by atoms with E-state index < -0.39 is 0 Å². The zero-order valence-electron chi connectivity index (χ0n) is 13.1. The van der Waals surface area contributed by atoms with Crippen LogP contribution in [0, 0.1) is 0 Å². The van der Waals surface area contributed by atoms with Gasteiger partial charge in [0, 0.05) is 30.6 Å². The third kappa shape index (κ3) is 3.31. The highest BCUT2D eigenvalue weighted by atomic mass is 35.5. The van der Waals surface area contributed by atoms with E-state index in [0.29, 0.717) is 40.3 Å². The maximum Gasteiger partial charge on any atom is 0.261 e. The zero-order valence-corrected chi connectivity index (χ0v) is 13.9. The van der Waals surface area contributed by atoms with Gasteiger partial charge in [-0.1, -0.05) is 23.7 Å². The van der Waals surface area contributed by atoms with Crippen molar-refractivity contribution in [3.63, 3.8) is 0 Å². The number of amides is 1. The summed E-state index contributed by atoms with van der Waals surface area (Å²) in [5.74, 6) is 0.451. The number of carbonyl (C=O) groups is 1. The van der Waals surface area contributed by atoms with Crippen LogP contribution in [0.1, 0.15) is 16.2 Å². The molecule has 3 rings (SSSR count). The van der Waals surface area contributed by atoms with Crippen molar-refractivity contribution >= 4 is 28.4 Å². The van der Waals surface area contributed by atoms with Crippen LogP contribution in [0.5, 0.6) is 0 Å². The summed E-state index contributed by atoms with van der Waals surface area (Å²) in [7, 11) is 1.69. The summed E-state index contributed by atoms with van der Waals surface area (Å²) in [5, 5.41) is 4.00. The van der Waals surface area contributed by atoms with Gasteiger partial charge in [0.1, 0.15) is 5.82 Å². The summed E-state index contributed by atoms with van der Waals surface area (Å²) in [6, 6.07) is 13.9. The highest BCUT2D eigenvalue weighted by Crippen LogP contribution is 2.10. The minimum absolute atomic E-state index is 0.0837. The van der Waals surface area contributed by atoms with Crippen LogP contribution in [0.2, 0.25) is 5.02 Å². The lowest BCUT2D eigenvalue weighted by Gasteiger charge is -2.10. The lowest BCUT2D eigenvalue weighted by atomic mass is 10.2. The molecule has 0 unspecified atom stereocenters. The lowest BCUT2D eigenvalue weighted by molar-refractivity contribution is 0.0954. The monoisotopic (exact) mass is 341 g/mol. The summed E-state index contributed by atoms with van der Waals surface area (Å²) in [6.07, 6.45) is 0.468. The quantitative estimate of drug-likeness (QED) is 0.793. The minimum atomic E-state index is -0.183. The van der Waals surface area contributed by atoms with E-state index in [4.69, 9.17) is 11.6 Å². The Morgan fingerprint density at radius 3 is 2.62 bits per heavy atom. The molecule has 0 spiro atoms. The molecular formula is C18H16ClN3O2. The number of hydrogen-bond acceptors (Lipinski definition) is 3. The second-order valence-corrected chi connectivity index (χ2v) is 5.86. The predicted octanol–water partition coefficient (Wildman–Crippen LogP) is 2.56. The third-order valence-electron chi connectivity index (χ3n) is 3.82. The number of rotatable bonds is 4. The fourth-order valence-electron chi connectivity index (χ4n) is 2.48. The summed E-state index contributed by atoms with van der Waals surface area (Å²) >= 11 is 5.81. The van der Waals surface area contributed by atoms with Gasteiger partial charge in [-0.15, -0.1) is 0 Å². The molecule has 5 nitrogen and oxygen atoms in total. The Kier molecular flexibility index (Phi) is 4.62. The fourth-order valence-corrected chi connectivity index (χ4v) is 2.60. The van der Waals surface area contributed by atoms with Crippen molar-refractivity contribution < 1.29 is 4.79 Å². The molecule has 0 radical (unpaired) electrons. The Labute approximate surface area is 143 Å². The van der Waals surface area contributed by atoms with E-state index in [2.05, 4.69) is 10.3 Å². The van der Waals surface area contributed by atoms with Crippen molar-refractivity contribution in [2.24, 2.45) is 7.05 Å². The Hall–Kier alpha value is -2.66. The molecule has 0 saturated carbocycles. The van der Waals surface area contributed by atoms with Crippen LogP contribution in [0.25, 0.3) is 10.9 Å². The molecule has 122 valence electrons. The number of hydrogen-bond donors (Lipinski definition) is 1. The average Bonchev–Trinajstić information content (AvgIpc) is 2.59. The Morgan fingerprint density at radius 1 is 1.17 bits per heavy atom. The standard InChI is InChI=1S/C18H16ClN3O2/c1-22-16(21-15-5-3-2-4-14(15)18(22)24)10-11-20-17(23)12-6-8-13(19)9-7-12/h2-9H,10-11H2,1H3,(H,20,23). The third-order valence-corrected chi connectivity index (χ3v) is 4.07. The number of nitrogens with zero attached hydrogens (tertiary/aromatic N) is 2. The molecule has 0 aliphatic carbocycles. The van der Waals surface area contributed by atoms with E-state index in [9.17, 15) is 9.59 Å². The molecule has 0 saturated heterocycles. The fraction of sp³-hybridized carbons (Fsp3) is 0.167. The second kappa shape index (κ2) is 6.84. The Balaban J connectivity index is 1.72. The van der Waals surface area contributed by atoms with Crippen molar-refractivity contribution in [2.75, 3.05) is 6.54 Å². The van der Waals surface area contributed by atoms with Gasteiger partial charge in [-0.25, -0.2) is 4.98 Å². The predicted molar refractivity (Wildman–Crippen MR) is 94.5 cm³/mol. The van der Waals surface area contributed by atoms with E-state index in [1.54, 1.807) is 37.4 Å². The van der Waals surface area contributed by atoms with Gasteiger partial charge in [0.05, 0.1) is 10.9 Å². The number of halogens is 1.